The van der Waals surface area contributed by atoms with E-state index >= 15 is 0 Å². The van der Waals surface area contributed by atoms with Gasteiger partial charge in [-0.15, -0.1) is 10.2 Å². The topological polar surface area (TPSA) is 92.2 Å². The van der Waals surface area contributed by atoms with E-state index < -0.39 is 0 Å². The van der Waals surface area contributed by atoms with E-state index in [-0.39, 0.29) is 23.7 Å². The number of hydrogen-bond donors (Lipinski definition) is 2. The summed E-state index contributed by atoms with van der Waals surface area (Å²) in [6.45, 7) is 0.230. The molecule has 8 heteroatoms. The average Bonchev–Trinajstić information content (AvgIpc) is 3.06. The van der Waals surface area contributed by atoms with E-state index in [2.05, 4.69) is 20.5 Å². The first-order valence-corrected chi connectivity index (χ1v) is 6.87. The lowest BCUT2D eigenvalue weighted by Crippen LogP contribution is -2.25. The van der Waals surface area contributed by atoms with Crippen LogP contribution < -0.4 is 10.9 Å². The number of aromatic amines is 1. The van der Waals surface area contributed by atoms with Crippen LogP contribution in [0.4, 0.5) is 0 Å². The molecule has 0 saturated carbocycles. The van der Waals surface area contributed by atoms with E-state index in [1.165, 1.54) is 6.20 Å². The van der Waals surface area contributed by atoms with Crippen molar-refractivity contribution in [3.05, 3.63) is 51.0 Å². The predicted octanol–water partition coefficient (Wildman–Crippen LogP) is 0.338. The molecule has 0 unspecified atom stereocenters. The monoisotopic (exact) mass is 289 g/mol. The normalized spacial score (nSPS) is 10.8. The summed E-state index contributed by atoms with van der Waals surface area (Å²) < 4.78 is 1.56. The summed E-state index contributed by atoms with van der Waals surface area (Å²) in [7, 11) is 0. The van der Waals surface area contributed by atoms with Gasteiger partial charge in [0, 0.05) is 12.4 Å². The Hall–Kier alpha value is -2.48. The predicted molar refractivity (Wildman–Crippen MR) is 73.5 cm³/mol. The smallest absolute Gasteiger partial charge is 0.293 e. The standard InChI is InChI=1S/C12H11N5O2S/c18-10(5-8-1-4-20-7-8)14-6-9-15-16-11-12(19)13-2-3-17(9)11/h1-4,7H,5-6H2,(H,13,19)(H,14,18). The van der Waals surface area contributed by atoms with Gasteiger partial charge >= 0.3 is 0 Å². The minimum absolute atomic E-state index is 0.0926. The molecule has 0 radical (unpaired) electrons. The molecule has 3 rings (SSSR count). The van der Waals surface area contributed by atoms with Crippen LogP contribution in [0.5, 0.6) is 0 Å². The highest BCUT2D eigenvalue weighted by Gasteiger charge is 2.09. The molecule has 102 valence electrons. The van der Waals surface area contributed by atoms with Crippen molar-refractivity contribution < 1.29 is 4.79 Å². The number of fused-ring (bicyclic) bond motifs is 1. The fourth-order valence-corrected chi connectivity index (χ4v) is 2.50. The van der Waals surface area contributed by atoms with Crippen molar-refractivity contribution in [2.75, 3.05) is 0 Å². The molecule has 0 aromatic carbocycles. The summed E-state index contributed by atoms with van der Waals surface area (Å²) >= 11 is 1.56. The third-order valence-corrected chi connectivity index (χ3v) is 3.53. The first-order valence-electron chi connectivity index (χ1n) is 5.93. The Morgan fingerprint density at radius 3 is 3.15 bits per heavy atom. The van der Waals surface area contributed by atoms with Crippen LogP contribution in [-0.4, -0.2) is 25.5 Å². The number of nitrogens with zero attached hydrogens (tertiary/aromatic N) is 3. The number of nitrogens with one attached hydrogen (secondary N) is 2. The Morgan fingerprint density at radius 2 is 2.35 bits per heavy atom. The molecule has 2 N–H and O–H groups in total. The van der Waals surface area contributed by atoms with Crippen molar-refractivity contribution in [3.63, 3.8) is 0 Å². The molecule has 3 aromatic heterocycles. The van der Waals surface area contributed by atoms with E-state index in [9.17, 15) is 9.59 Å². The molecule has 0 aliphatic carbocycles. The van der Waals surface area contributed by atoms with Crippen molar-refractivity contribution in [2.24, 2.45) is 0 Å². The van der Waals surface area contributed by atoms with Gasteiger partial charge in [0.2, 0.25) is 11.6 Å². The lowest BCUT2D eigenvalue weighted by atomic mass is 10.2. The molecule has 0 spiro atoms. The van der Waals surface area contributed by atoms with Crippen LogP contribution >= 0.6 is 11.3 Å². The minimum atomic E-state index is -0.309. The number of carbonyl (C=O) groups is 1. The second-order valence-corrected chi connectivity index (χ2v) is 4.96. The molecular formula is C12H11N5O2S. The third kappa shape index (κ3) is 2.45. The van der Waals surface area contributed by atoms with Gasteiger partial charge in [0.05, 0.1) is 13.0 Å². The molecule has 3 heterocycles. The van der Waals surface area contributed by atoms with Gasteiger partial charge in [-0.1, -0.05) is 0 Å². The van der Waals surface area contributed by atoms with Gasteiger partial charge in [0.15, 0.2) is 5.82 Å². The van der Waals surface area contributed by atoms with Gasteiger partial charge in [-0.05, 0) is 22.4 Å². The van der Waals surface area contributed by atoms with E-state index in [0.29, 0.717) is 12.2 Å². The SMILES string of the molecule is O=C(Cc1ccsc1)NCc1nnc2c(=O)[nH]ccn12. The summed E-state index contributed by atoms with van der Waals surface area (Å²) in [4.78, 5) is 25.8. The Labute approximate surface area is 117 Å². The summed E-state index contributed by atoms with van der Waals surface area (Å²) in [6, 6.07) is 1.91. The Kier molecular flexibility index (Phi) is 3.30. The molecule has 20 heavy (non-hydrogen) atoms. The molecule has 7 nitrogen and oxygen atoms in total. The van der Waals surface area contributed by atoms with Gasteiger partial charge in [-0.25, -0.2) is 0 Å². The molecule has 0 saturated heterocycles. The fraction of sp³-hybridized carbons (Fsp3) is 0.167. The first kappa shape index (κ1) is 12.5. The summed E-state index contributed by atoms with van der Waals surface area (Å²) in [5.74, 6) is 0.426. The van der Waals surface area contributed by atoms with Gasteiger partial charge < -0.3 is 10.3 Å². The van der Waals surface area contributed by atoms with Gasteiger partial charge in [-0.2, -0.15) is 11.3 Å². The largest absolute Gasteiger partial charge is 0.348 e. The Morgan fingerprint density at radius 1 is 1.45 bits per heavy atom. The zero-order valence-corrected chi connectivity index (χ0v) is 11.2. The number of aromatic nitrogens is 4. The summed E-state index contributed by atoms with van der Waals surface area (Å²) in [5, 5.41) is 14.3. The lowest BCUT2D eigenvalue weighted by Gasteiger charge is -2.03. The number of carbonyl (C=O) groups excluding carboxylic acids is 1. The maximum absolute atomic E-state index is 11.8. The molecule has 0 aliphatic heterocycles. The highest BCUT2D eigenvalue weighted by atomic mass is 32.1. The van der Waals surface area contributed by atoms with Gasteiger partial charge in [-0.3, -0.25) is 14.0 Å². The maximum atomic E-state index is 11.8. The van der Waals surface area contributed by atoms with Crippen LogP contribution in [0.3, 0.4) is 0 Å². The minimum Gasteiger partial charge on any atom is -0.348 e. The van der Waals surface area contributed by atoms with Crippen LogP contribution in [0.15, 0.2) is 34.0 Å². The zero-order valence-electron chi connectivity index (χ0n) is 10.4. The fourth-order valence-electron chi connectivity index (χ4n) is 1.83. The van der Waals surface area contributed by atoms with Gasteiger partial charge in [0.25, 0.3) is 5.56 Å². The highest BCUT2D eigenvalue weighted by molar-refractivity contribution is 7.07. The number of thiophene rings is 1. The second kappa shape index (κ2) is 5.25. The quantitative estimate of drug-likeness (QED) is 0.724. The van der Waals surface area contributed by atoms with Crippen molar-refractivity contribution in [3.8, 4) is 0 Å². The molecule has 3 aromatic rings. The van der Waals surface area contributed by atoms with Crippen LogP contribution in [-0.2, 0) is 17.8 Å². The molecule has 0 fully saturated rings. The summed E-state index contributed by atoms with van der Waals surface area (Å²) in [6.07, 6.45) is 3.49. The van der Waals surface area contributed by atoms with E-state index in [0.717, 1.165) is 5.56 Å². The highest BCUT2D eigenvalue weighted by Crippen LogP contribution is 2.06. The molecule has 0 bridgehead atoms. The zero-order chi connectivity index (χ0) is 13.9. The van der Waals surface area contributed by atoms with E-state index in [1.54, 1.807) is 21.9 Å². The molecule has 1 amide bonds. The second-order valence-electron chi connectivity index (χ2n) is 4.18. The average molecular weight is 289 g/mol. The van der Waals surface area contributed by atoms with Crippen LogP contribution in [0.1, 0.15) is 11.4 Å². The number of rotatable bonds is 4. The maximum Gasteiger partial charge on any atom is 0.293 e. The lowest BCUT2D eigenvalue weighted by molar-refractivity contribution is -0.120. The third-order valence-electron chi connectivity index (χ3n) is 2.80. The van der Waals surface area contributed by atoms with Crippen LogP contribution in [0, 0.1) is 0 Å². The van der Waals surface area contributed by atoms with Crippen LogP contribution in [0.25, 0.3) is 5.65 Å². The number of hydrogen-bond acceptors (Lipinski definition) is 5. The summed E-state index contributed by atoms with van der Waals surface area (Å²) in [5.41, 5.74) is 0.889. The molecular weight excluding hydrogens is 278 g/mol. The van der Waals surface area contributed by atoms with Crippen molar-refractivity contribution in [1.82, 2.24) is 24.9 Å². The van der Waals surface area contributed by atoms with E-state index in [1.807, 2.05) is 16.8 Å². The first-order chi connectivity index (χ1) is 9.74. The molecule has 0 aliphatic rings. The van der Waals surface area contributed by atoms with Crippen molar-refractivity contribution >= 4 is 22.9 Å². The number of amides is 1. The van der Waals surface area contributed by atoms with E-state index in [4.69, 9.17) is 0 Å². The van der Waals surface area contributed by atoms with Crippen molar-refractivity contribution in [2.45, 2.75) is 13.0 Å². The Bertz CT molecular complexity index is 790. The van der Waals surface area contributed by atoms with Crippen LogP contribution in [0.2, 0.25) is 0 Å². The molecule has 0 atom stereocenters. The number of H-pyrrole nitrogens is 1. The van der Waals surface area contributed by atoms with Crippen molar-refractivity contribution in [1.29, 1.82) is 0 Å². The Balaban J connectivity index is 1.69. The van der Waals surface area contributed by atoms with Gasteiger partial charge in [0.1, 0.15) is 0 Å².